The Morgan fingerprint density at radius 3 is 2.53 bits per heavy atom. The smallest absolute Gasteiger partial charge is 0.207 e. The zero-order valence-electron chi connectivity index (χ0n) is 9.78. The lowest BCUT2D eigenvalue weighted by molar-refractivity contribution is 0.452. The molecule has 0 aromatic heterocycles. The molecule has 0 bridgehead atoms. The first-order chi connectivity index (χ1) is 7.89. The van der Waals surface area contributed by atoms with E-state index in [4.69, 9.17) is 0 Å². The van der Waals surface area contributed by atoms with Crippen LogP contribution < -0.4 is 0 Å². The Kier molecular flexibility index (Phi) is 4.59. The lowest BCUT2D eigenvalue weighted by Crippen LogP contribution is -2.28. The summed E-state index contributed by atoms with van der Waals surface area (Å²) in [5.41, 5.74) is 0. The third-order valence-electron chi connectivity index (χ3n) is 2.41. The molecule has 17 heavy (non-hydrogen) atoms. The topological polar surface area (TPSA) is 37.4 Å². The molecule has 0 aliphatic carbocycles. The van der Waals surface area contributed by atoms with Gasteiger partial charge in [-0.2, -0.15) is 0 Å². The van der Waals surface area contributed by atoms with Gasteiger partial charge in [0.25, 0.3) is 0 Å². The van der Waals surface area contributed by atoms with Gasteiger partial charge in [-0.3, -0.25) is 0 Å². The fourth-order valence-corrected chi connectivity index (χ4v) is 2.62. The van der Waals surface area contributed by atoms with E-state index in [0.717, 1.165) is 22.9 Å². The van der Waals surface area contributed by atoms with Crippen LogP contribution in [0.3, 0.4) is 0 Å². The zero-order valence-corrected chi connectivity index (χ0v) is 10.6. The Morgan fingerprint density at radius 1 is 1.29 bits per heavy atom. The van der Waals surface area contributed by atoms with Crippen LogP contribution in [0.4, 0.5) is 8.78 Å². The number of nitrogens with zero attached hydrogens (tertiary/aromatic N) is 1. The lowest BCUT2D eigenvalue weighted by atomic mass is 10.3. The molecule has 96 valence electrons. The van der Waals surface area contributed by atoms with Gasteiger partial charge in [-0.05, 0) is 24.6 Å². The van der Waals surface area contributed by atoms with E-state index in [-0.39, 0.29) is 6.54 Å². The minimum atomic E-state index is -3.95. The molecular weight excluding hydrogens is 248 g/mol. The Morgan fingerprint density at radius 2 is 1.94 bits per heavy atom. The van der Waals surface area contributed by atoms with E-state index in [1.54, 1.807) is 0 Å². The summed E-state index contributed by atoms with van der Waals surface area (Å²) in [6.07, 6.45) is 1.50. The predicted octanol–water partition coefficient (Wildman–Crippen LogP) is 2.39. The van der Waals surface area contributed by atoms with Crippen molar-refractivity contribution in [1.82, 2.24) is 4.31 Å². The molecule has 0 aliphatic rings. The summed E-state index contributed by atoms with van der Waals surface area (Å²) in [6, 6.07) is 2.41. The molecule has 6 heteroatoms. The first-order valence-corrected chi connectivity index (χ1v) is 6.75. The van der Waals surface area contributed by atoms with Crippen LogP contribution in [-0.4, -0.2) is 26.3 Å². The highest BCUT2D eigenvalue weighted by Gasteiger charge is 2.24. The van der Waals surface area contributed by atoms with Crippen LogP contribution in [-0.2, 0) is 10.0 Å². The van der Waals surface area contributed by atoms with Gasteiger partial charge in [-0.25, -0.2) is 21.5 Å². The highest BCUT2D eigenvalue weighted by atomic mass is 32.2. The summed E-state index contributed by atoms with van der Waals surface area (Å²) in [5, 5.41) is 0. The Balaban J connectivity index is 3.08. The molecule has 1 aromatic carbocycles. The molecule has 0 fully saturated rings. The second kappa shape index (κ2) is 5.55. The molecular formula is C11H15F2NO2S. The normalized spacial score (nSPS) is 12.1. The minimum absolute atomic E-state index is 0.286. The molecule has 0 N–H and O–H groups in total. The Labute approximate surface area is 100 Å². The van der Waals surface area contributed by atoms with Crippen LogP contribution in [0.15, 0.2) is 23.1 Å². The van der Waals surface area contributed by atoms with Crippen molar-refractivity contribution in [2.24, 2.45) is 0 Å². The fraction of sp³-hybridized carbons (Fsp3) is 0.455. The van der Waals surface area contributed by atoms with Crippen molar-refractivity contribution in [3.05, 3.63) is 29.8 Å². The molecule has 0 unspecified atom stereocenters. The second-order valence-electron chi connectivity index (χ2n) is 3.75. The van der Waals surface area contributed by atoms with Gasteiger partial charge in [0.05, 0.1) is 0 Å². The van der Waals surface area contributed by atoms with Gasteiger partial charge >= 0.3 is 0 Å². The van der Waals surface area contributed by atoms with Crippen molar-refractivity contribution >= 4 is 10.0 Å². The Bertz CT molecular complexity index is 488. The quantitative estimate of drug-likeness (QED) is 0.818. The van der Waals surface area contributed by atoms with Gasteiger partial charge in [0.1, 0.15) is 16.5 Å². The number of hydrogen-bond donors (Lipinski definition) is 0. The molecule has 1 aromatic rings. The van der Waals surface area contributed by atoms with E-state index >= 15 is 0 Å². The summed E-state index contributed by atoms with van der Waals surface area (Å²) in [4.78, 5) is -0.615. The highest BCUT2D eigenvalue weighted by Crippen LogP contribution is 2.19. The van der Waals surface area contributed by atoms with Crippen molar-refractivity contribution in [2.45, 2.75) is 24.7 Å². The van der Waals surface area contributed by atoms with E-state index in [1.807, 2.05) is 6.92 Å². The number of sulfonamides is 1. The fourth-order valence-electron chi connectivity index (χ4n) is 1.34. The average Bonchev–Trinajstić information content (AvgIpc) is 2.28. The summed E-state index contributed by atoms with van der Waals surface area (Å²) < 4.78 is 51.2. The number of unbranched alkanes of at least 4 members (excludes halogenated alkanes) is 1. The summed E-state index contributed by atoms with van der Waals surface area (Å²) >= 11 is 0. The Hall–Kier alpha value is -1.01. The summed E-state index contributed by atoms with van der Waals surface area (Å²) in [5.74, 6) is -1.70. The van der Waals surface area contributed by atoms with Crippen molar-refractivity contribution < 1.29 is 17.2 Å². The lowest BCUT2D eigenvalue weighted by Gasteiger charge is -2.17. The largest absolute Gasteiger partial charge is 0.245 e. The molecule has 0 heterocycles. The van der Waals surface area contributed by atoms with Crippen molar-refractivity contribution in [3.63, 3.8) is 0 Å². The molecule has 0 aliphatic heterocycles. The van der Waals surface area contributed by atoms with Crippen LogP contribution >= 0.6 is 0 Å². The maximum Gasteiger partial charge on any atom is 0.245 e. The first-order valence-electron chi connectivity index (χ1n) is 5.31. The standard InChI is InChI=1S/C11H15F2NO2S/c1-3-4-7-14(2)17(15,16)11-8-9(12)5-6-10(11)13/h5-6,8H,3-4,7H2,1-2H3. The van der Waals surface area contributed by atoms with Crippen molar-refractivity contribution in [1.29, 1.82) is 0 Å². The predicted molar refractivity (Wildman–Crippen MR) is 61.1 cm³/mol. The second-order valence-corrected chi connectivity index (χ2v) is 5.77. The average molecular weight is 263 g/mol. The zero-order chi connectivity index (χ0) is 13.1. The monoisotopic (exact) mass is 263 g/mol. The molecule has 0 amide bonds. The van der Waals surface area contributed by atoms with Gasteiger partial charge in [0.15, 0.2) is 0 Å². The van der Waals surface area contributed by atoms with E-state index in [1.165, 1.54) is 7.05 Å². The van der Waals surface area contributed by atoms with Crippen molar-refractivity contribution in [3.8, 4) is 0 Å². The molecule has 0 saturated carbocycles. The molecule has 3 nitrogen and oxygen atoms in total. The van der Waals surface area contributed by atoms with Gasteiger partial charge < -0.3 is 0 Å². The third-order valence-corrected chi connectivity index (χ3v) is 4.28. The minimum Gasteiger partial charge on any atom is -0.207 e. The molecule has 0 spiro atoms. The summed E-state index contributed by atoms with van der Waals surface area (Å²) in [6.45, 7) is 2.21. The van der Waals surface area contributed by atoms with Gasteiger partial charge in [-0.1, -0.05) is 13.3 Å². The SMILES string of the molecule is CCCCN(C)S(=O)(=O)c1cc(F)ccc1F. The van der Waals surface area contributed by atoms with Crippen molar-refractivity contribution in [2.75, 3.05) is 13.6 Å². The van der Waals surface area contributed by atoms with Crippen LogP contribution in [0.1, 0.15) is 19.8 Å². The molecule has 0 atom stereocenters. The van der Waals surface area contributed by atoms with Gasteiger partial charge in [0, 0.05) is 13.6 Å². The first kappa shape index (κ1) is 14.1. The molecule has 1 rings (SSSR count). The molecule has 0 saturated heterocycles. The highest BCUT2D eigenvalue weighted by molar-refractivity contribution is 7.89. The van der Waals surface area contributed by atoms with Gasteiger partial charge in [0.2, 0.25) is 10.0 Å². The number of rotatable bonds is 5. The van der Waals surface area contributed by atoms with Gasteiger partial charge in [-0.15, -0.1) is 0 Å². The number of benzene rings is 1. The van der Waals surface area contributed by atoms with Crippen LogP contribution in [0, 0.1) is 11.6 Å². The van der Waals surface area contributed by atoms with Crippen LogP contribution in [0.2, 0.25) is 0 Å². The maximum absolute atomic E-state index is 13.4. The molecule has 0 radical (unpaired) electrons. The van der Waals surface area contributed by atoms with Crippen LogP contribution in [0.25, 0.3) is 0 Å². The number of hydrogen-bond acceptors (Lipinski definition) is 2. The van der Waals surface area contributed by atoms with E-state index in [0.29, 0.717) is 12.5 Å². The summed E-state index contributed by atoms with van der Waals surface area (Å²) in [7, 11) is -2.59. The van der Waals surface area contributed by atoms with E-state index in [2.05, 4.69) is 0 Å². The maximum atomic E-state index is 13.4. The van der Waals surface area contributed by atoms with Crippen LogP contribution in [0.5, 0.6) is 0 Å². The van der Waals surface area contributed by atoms with E-state index < -0.39 is 26.6 Å². The number of halogens is 2. The van der Waals surface area contributed by atoms with E-state index in [9.17, 15) is 17.2 Å². The third kappa shape index (κ3) is 3.23.